The van der Waals surface area contributed by atoms with Gasteiger partial charge in [-0.3, -0.25) is 4.99 Å². The first kappa shape index (κ1) is 7.94. The summed E-state index contributed by atoms with van der Waals surface area (Å²) in [5.41, 5.74) is 5.45. The van der Waals surface area contributed by atoms with E-state index >= 15 is 0 Å². The van der Waals surface area contributed by atoms with Crippen LogP contribution < -0.4 is 15.6 Å². The summed E-state index contributed by atoms with van der Waals surface area (Å²) < 4.78 is 0.966. The van der Waals surface area contributed by atoms with Crippen LogP contribution in [0.1, 0.15) is 0 Å². The summed E-state index contributed by atoms with van der Waals surface area (Å²) >= 11 is 1.41. The molecule has 0 amide bonds. The second-order valence-electron chi connectivity index (χ2n) is 1.94. The Balaban J connectivity index is 3.23. The molecular formula is C7H9N3S. The topological polar surface area (TPSA) is 51.3 Å². The number of rotatable bonds is 1. The van der Waals surface area contributed by atoms with Crippen molar-refractivity contribution in [1.82, 2.24) is 4.98 Å². The van der Waals surface area contributed by atoms with Crippen molar-refractivity contribution in [1.29, 1.82) is 0 Å². The zero-order valence-corrected chi connectivity index (χ0v) is 7.06. The summed E-state index contributed by atoms with van der Waals surface area (Å²) in [6, 6.07) is 0. The van der Waals surface area contributed by atoms with Gasteiger partial charge in [0.15, 0.2) is 5.13 Å². The first-order valence-corrected chi connectivity index (χ1v) is 3.89. The van der Waals surface area contributed by atoms with Crippen LogP contribution in [-0.2, 0) is 0 Å². The quantitative estimate of drug-likeness (QED) is 0.579. The molecule has 1 aromatic heterocycles. The Kier molecular flexibility index (Phi) is 2.38. The van der Waals surface area contributed by atoms with E-state index in [4.69, 9.17) is 5.73 Å². The van der Waals surface area contributed by atoms with E-state index in [0.717, 1.165) is 4.53 Å². The predicted molar refractivity (Wildman–Crippen MR) is 50.2 cm³/mol. The van der Waals surface area contributed by atoms with Gasteiger partial charge in [0, 0.05) is 13.3 Å². The molecule has 0 aliphatic heterocycles. The molecule has 2 N–H and O–H groups in total. The monoisotopic (exact) mass is 167 g/mol. The molecule has 1 heterocycles. The first-order valence-electron chi connectivity index (χ1n) is 3.08. The highest BCUT2D eigenvalue weighted by Crippen LogP contribution is 1.93. The van der Waals surface area contributed by atoms with Gasteiger partial charge in [0.05, 0.1) is 9.88 Å². The van der Waals surface area contributed by atoms with Crippen molar-refractivity contribution in [2.75, 3.05) is 12.8 Å². The molecule has 0 unspecified atom stereocenters. The molecule has 0 atom stereocenters. The first-order chi connectivity index (χ1) is 5.24. The molecule has 0 aromatic carbocycles. The maximum Gasteiger partial charge on any atom is 0.181 e. The van der Waals surface area contributed by atoms with Crippen molar-refractivity contribution in [2.45, 2.75) is 0 Å². The summed E-state index contributed by atoms with van der Waals surface area (Å²) in [5, 5.41) is 1.26. The molecule has 4 heteroatoms. The molecular weight excluding hydrogens is 158 g/mol. The van der Waals surface area contributed by atoms with E-state index in [1.54, 1.807) is 13.3 Å². The number of anilines is 1. The van der Waals surface area contributed by atoms with E-state index in [9.17, 15) is 0 Å². The normalized spacial score (nSPS) is 13.0. The van der Waals surface area contributed by atoms with Crippen molar-refractivity contribution >= 4 is 35.3 Å². The van der Waals surface area contributed by atoms with Crippen LogP contribution in [0.2, 0.25) is 0 Å². The second kappa shape index (κ2) is 3.30. The Labute approximate surface area is 68.6 Å². The number of nitrogens with two attached hydrogens (primary N) is 1. The van der Waals surface area contributed by atoms with Gasteiger partial charge in [-0.25, -0.2) is 4.98 Å². The van der Waals surface area contributed by atoms with Gasteiger partial charge in [-0.2, -0.15) is 0 Å². The van der Waals surface area contributed by atoms with Gasteiger partial charge in [-0.05, 0) is 6.08 Å². The average Bonchev–Trinajstić information content (AvgIpc) is 2.26. The van der Waals surface area contributed by atoms with Crippen LogP contribution in [-0.4, -0.2) is 18.2 Å². The van der Waals surface area contributed by atoms with Crippen LogP contribution in [0.15, 0.2) is 4.99 Å². The Morgan fingerprint density at radius 1 is 1.73 bits per heavy atom. The number of aliphatic imine (C=N–C) groups is 1. The molecule has 1 aromatic rings. The van der Waals surface area contributed by atoms with Crippen molar-refractivity contribution < 1.29 is 0 Å². The molecule has 0 radical (unpaired) electrons. The van der Waals surface area contributed by atoms with E-state index in [-0.39, 0.29) is 0 Å². The van der Waals surface area contributed by atoms with Crippen molar-refractivity contribution in [3.05, 3.63) is 9.88 Å². The van der Waals surface area contributed by atoms with Gasteiger partial charge in [0.25, 0.3) is 0 Å². The molecule has 0 saturated heterocycles. The molecule has 1 rings (SSSR count). The molecule has 0 bridgehead atoms. The summed E-state index contributed by atoms with van der Waals surface area (Å²) in [7, 11) is 1.71. The third-order valence-electron chi connectivity index (χ3n) is 1.12. The van der Waals surface area contributed by atoms with Gasteiger partial charge in [-0.1, -0.05) is 17.9 Å². The third kappa shape index (κ3) is 1.88. The van der Waals surface area contributed by atoms with Crippen LogP contribution in [0.3, 0.4) is 0 Å². The lowest BCUT2D eigenvalue weighted by Crippen LogP contribution is -2.18. The Hall–Kier alpha value is -1.16. The molecule has 0 aliphatic carbocycles. The molecule has 0 aliphatic rings. The Morgan fingerprint density at radius 2 is 2.45 bits per heavy atom. The van der Waals surface area contributed by atoms with E-state index in [1.165, 1.54) is 11.3 Å². The van der Waals surface area contributed by atoms with Crippen LogP contribution in [0, 0.1) is 0 Å². The number of hydrogen-bond acceptors (Lipinski definition) is 4. The molecule has 58 valence electrons. The van der Waals surface area contributed by atoms with Crippen LogP contribution in [0.25, 0.3) is 12.7 Å². The number of nitrogens with zero attached hydrogens (tertiary/aromatic N) is 2. The summed E-state index contributed by atoms with van der Waals surface area (Å²) in [6.07, 6.45) is 3.54. The van der Waals surface area contributed by atoms with Gasteiger partial charge in [0.1, 0.15) is 0 Å². The predicted octanol–water partition coefficient (Wildman–Crippen LogP) is -0.383. The highest BCUT2D eigenvalue weighted by Gasteiger charge is 1.89. The molecule has 0 saturated carbocycles. The minimum Gasteiger partial charge on any atom is -0.375 e. The van der Waals surface area contributed by atoms with Gasteiger partial charge in [0.2, 0.25) is 0 Å². The standard InChI is InChI=1S/C7H9N3S/c1-5-6(3-4-9-2)11-7(8)10-5/h3-4H,1H2,2H3,(H2,8,10)/b6-3+,9-4?. The van der Waals surface area contributed by atoms with Crippen molar-refractivity contribution in [3.8, 4) is 0 Å². The fraction of sp³-hybridized carbons (Fsp3) is 0.143. The maximum atomic E-state index is 5.45. The van der Waals surface area contributed by atoms with Crippen LogP contribution >= 0.6 is 11.3 Å². The van der Waals surface area contributed by atoms with Crippen LogP contribution in [0.5, 0.6) is 0 Å². The van der Waals surface area contributed by atoms with E-state index in [1.807, 2.05) is 6.08 Å². The molecule has 0 fully saturated rings. The lowest BCUT2D eigenvalue weighted by Gasteiger charge is -1.70. The molecule has 0 spiro atoms. The lowest BCUT2D eigenvalue weighted by atomic mass is 10.5. The molecule has 11 heavy (non-hydrogen) atoms. The van der Waals surface area contributed by atoms with Crippen LogP contribution in [0.4, 0.5) is 5.13 Å². The zero-order chi connectivity index (χ0) is 8.27. The number of nitrogen functional groups attached to an aromatic ring is 1. The lowest BCUT2D eigenvalue weighted by molar-refractivity contribution is 1.33. The third-order valence-corrected chi connectivity index (χ3v) is 2.01. The highest BCUT2D eigenvalue weighted by atomic mass is 32.1. The van der Waals surface area contributed by atoms with E-state index in [2.05, 4.69) is 16.6 Å². The number of hydrogen-bond donors (Lipinski definition) is 1. The van der Waals surface area contributed by atoms with Crippen molar-refractivity contribution in [2.24, 2.45) is 4.99 Å². The summed E-state index contributed by atoms with van der Waals surface area (Å²) in [5.74, 6) is 0. The van der Waals surface area contributed by atoms with Gasteiger partial charge in [-0.15, -0.1) is 0 Å². The Bertz CT molecular complexity index is 364. The summed E-state index contributed by atoms with van der Waals surface area (Å²) in [6.45, 7) is 3.72. The fourth-order valence-electron chi connectivity index (χ4n) is 0.655. The maximum absolute atomic E-state index is 5.45. The second-order valence-corrected chi connectivity index (χ2v) is 3.00. The minimum atomic E-state index is 0.547. The Morgan fingerprint density at radius 3 is 2.91 bits per heavy atom. The SMILES string of the molecule is C=c1nc(N)s/c1=C/C=NC. The zero-order valence-electron chi connectivity index (χ0n) is 6.24. The average molecular weight is 167 g/mol. The number of thiazole rings is 1. The van der Waals surface area contributed by atoms with Gasteiger partial charge >= 0.3 is 0 Å². The van der Waals surface area contributed by atoms with Crippen molar-refractivity contribution in [3.63, 3.8) is 0 Å². The highest BCUT2D eigenvalue weighted by molar-refractivity contribution is 7.13. The van der Waals surface area contributed by atoms with E-state index < -0.39 is 0 Å². The van der Waals surface area contributed by atoms with E-state index in [0.29, 0.717) is 10.5 Å². The smallest absolute Gasteiger partial charge is 0.181 e. The fourth-order valence-corrected chi connectivity index (χ4v) is 1.33. The minimum absolute atomic E-state index is 0.547. The molecule has 3 nitrogen and oxygen atoms in total. The van der Waals surface area contributed by atoms with Gasteiger partial charge < -0.3 is 5.73 Å². The summed E-state index contributed by atoms with van der Waals surface area (Å²) in [4.78, 5) is 7.77. The number of aromatic nitrogens is 1. The largest absolute Gasteiger partial charge is 0.375 e.